The Balaban J connectivity index is 0.000000180. The molecule has 1 atom stereocenters. The highest BCUT2D eigenvalue weighted by atomic mass is 14.9. The van der Waals surface area contributed by atoms with Crippen LogP contribution < -0.4 is 11.1 Å². The molecule has 18 heavy (non-hydrogen) atoms. The van der Waals surface area contributed by atoms with E-state index in [-0.39, 0.29) is 0 Å². The predicted molar refractivity (Wildman–Crippen MR) is 78.6 cm³/mol. The molecule has 1 fully saturated rings. The number of piperidine rings is 1. The molecule has 1 saturated heterocycles. The van der Waals surface area contributed by atoms with Gasteiger partial charge in [-0.1, -0.05) is 32.8 Å². The summed E-state index contributed by atoms with van der Waals surface area (Å²) in [5.41, 5.74) is 6.47. The number of nitrogen functional groups attached to an aromatic ring is 1. The SMILES string of the molecule is CCCC1CCCCN1.CCc1cccc(N)n1. The molecular weight excluding hydrogens is 222 g/mol. The molecule has 102 valence electrons. The van der Waals surface area contributed by atoms with Crippen LogP contribution in [0.5, 0.6) is 0 Å². The summed E-state index contributed by atoms with van der Waals surface area (Å²) in [6, 6.07) is 6.53. The summed E-state index contributed by atoms with van der Waals surface area (Å²) in [5, 5.41) is 3.52. The van der Waals surface area contributed by atoms with Gasteiger partial charge >= 0.3 is 0 Å². The minimum absolute atomic E-state index is 0.606. The number of nitrogens with two attached hydrogens (primary N) is 1. The van der Waals surface area contributed by atoms with Crippen molar-refractivity contribution in [3.8, 4) is 0 Å². The highest BCUT2D eigenvalue weighted by Gasteiger charge is 2.09. The standard InChI is InChI=1S/C8H17N.C7H10N2/c1-2-5-8-6-3-4-7-9-8;1-2-6-4-3-5-7(8)9-6/h8-9H,2-7H2,1H3;3-5H,2H2,1H3,(H2,8,9). The number of anilines is 1. The van der Waals surface area contributed by atoms with Crippen LogP contribution in [0.3, 0.4) is 0 Å². The molecule has 0 aromatic carbocycles. The summed E-state index contributed by atoms with van der Waals surface area (Å²) in [6.45, 7) is 5.57. The van der Waals surface area contributed by atoms with Crippen LogP contribution in [0.2, 0.25) is 0 Å². The lowest BCUT2D eigenvalue weighted by Gasteiger charge is -2.22. The molecule has 3 N–H and O–H groups in total. The predicted octanol–water partition coefficient (Wildman–Crippen LogP) is 3.15. The second-order valence-corrected chi connectivity index (χ2v) is 4.84. The number of hydrogen-bond donors (Lipinski definition) is 2. The first kappa shape index (κ1) is 15.0. The fourth-order valence-corrected chi connectivity index (χ4v) is 2.21. The molecule has 2 rings (SSSR count). The van der Waals surface area contributed by atoms with Crippen molar-refractivity contribution < 1.29 is 0 Å². The maximum atomic E-state index is 5.42. The number of pyridine rings is 1. The smallest absolute Gasteiger partial charge is 0.123 e. The van der Waals surface area contributed by atoms with Crippen molar-refractivity contribution in [1.82, 2.24) is 10.3 Å². The van der Waals surface area contributed by atoms with E-state index in [9.17, 15) is 0 Å². The molecule has 1 aromatic heterocycles. The fourth-order valence-electron chi connectivity index (χ4n) is 2.21. The molecule has 3 heteroatoms. The molecule has 0 amide bonds. The summed E-state index contributed by atoms with van der Waals surface area (Å²) in [5.74, 6) is 0.606. The van der Waals surface area contributed by atoms with Crippen molar-refractivity contribution >= 4 is 5.82 Å². The van der Waals surface area contributed by atoms with Crippen LogP contribution in [0.4, 0.5) is 5.82 Å². The summed E-state index contributed by atoms with van der Waals surface area (Å²) in [6.07, 6.45) is 7.90. The van der Waals surface area contributed by atoms with Crippen LogP contribution >= 0.6 is 0 Å². The van der Waals surface area contributed by atoms with Crippen LogP contribution in [0.15, 0.2) is 18.2 Å². The van der Waals surface area contributed by atoms with E-state index in [0.29, 0.717) is 5.82 Å². The van der Waals surface area contributed by atoms with E-state index in [4.69, 9.17) is 5.73 Å². The van der Waals surface area contributed by atoms with Gasteiger partial charge in [-0.3, -0.25) is 0 Å². The van der Waals surface area contributed by atoms with Gasteiger partial charge in [-0.25, -0.2) is 4.98 Å². The average molecular weight is 249 g/mol. The lowest BCUT2D eigenvalue weighted by molar-refractivity contribution is 0.380. The largest absolute Gasteiger partial charge is 0.384 e. The molecule has 1 unspecified atom stereocenters. The van der Waals surface area contributed by atoms with Crippen LogP contribution in [-0.4, -0.2) is 17.6 Å². The molecule has 1 aliphatic heterocycles. The molecule has 0 aliphatic carbocycles. The van der Waals surface area contributed by atoms with E-state index >= 15 is 0 Å². The molecule has 0 saturated carbocycles. The van der Waals surface area contributed by atoms with Gasteiger partial charge < -0.3 is 11.1 Å². The van der Waals surface area contributed by atoms with Gasteiger partial charge in [0.25, 0.3) is 0 Å². The Morgan fingerprint density at radius 3 is 2.67 bits per heavy atom. The van der Waals surface area contributed by atoms with Crippen molar-refractivity contribution in [1.29, 1.82) is 0 Å². The average Bonchev–Trinajstić information content (AvgIpc) is 2.41. The Labute approximate surface area is 111 Å². The van der Waals surface area contributed by atoms with Gasteiger partial charge in [-0.05, 0) is 44.4 Å². The third-order valence-electron chi connectivity index (χ3n) is 3.24. The van der Waals surface area contributed by atoms with Gasteiger partial charge in [0.2, 0.25) is 0 Å². The summed E-state index contributed by atoms with van der Waals surface area (Å²) in [4.78, 5) is 4.07. The van der Waals surface area contributed by atoms with Crippen molar-refractivity contribution in [2.75, 3.05) is 12.3 Å². The lowest BCUT2D eigenvalue weighted by atomic mass is 10.0. The van der Waals surface area contributed by atoms with Crippen molar-refractivity contribution in [2.24, 2.45) is 0 Å². The van der Waals surface area contributed by atoms with Gasteiger partial charge in [0.15, 0.2) is 0 Å². The van der Waals surface area contributed by atoms with E-state index < -0.39 is 0 Å². The normalized spacial score (nSPS) is 18.9. The zero-order valence-corrected chi connectivity index (χ0v) is 11.8. The Morgan fingerprint density at radius 1 is 1.33 bits per heavy atom. The van der Waals surface area contributed by atoms with Gasteiger partial charge in [0.1, 0.15) is 5.82 Å². The van der Waals surface area contributed by atoms with E-state index in [1.807, 2.05) is 12.1 Å². The van der Waals surface area contributed by atoms with E-state index in [0.717, 1.165) is 18.2 Å². The number of aromatic nitrogens is 1. The first-order valence-corrected chi connectivity index (χ1v) is 7.21. The maximum absolute atomic E-state index is 5.42. The van der Waals surface area contributed by atoms with E-state index in [1.54, 1.807) is 6.07 Å². The number of aryl methyl sites for hydroxylation is 1. The quantitative estimate of drug-likeness (QED) is 0.865. The number of rotatable bonds is 3. The molecule has 1 aromatic rings. The van der Waals surface area contributed by atoms with Gasteiger partial charge in [0, 0.05) is 11.7 Å². The Hall–Kier alpha value is -1.09. The maximum Gasteiger partial charge on any atom is 0.123 e. The minimum atomic E-state index is 0.606. The summed E-state index contributed by atoms with van der Waals surface area (Å²) < 4.78 is 0. The molecular formula is C15H27N3. The second-order valence-electron chi connectivity index (χ2n) is 4.84. The van der Waals surface area contributed by atoms with Crippen LogP contribution in [0.25, 0.3) is 0 Å². The van der Waals surface area contributed by atoms with Gasteiger partial charge in [-0.15, -0.1) is 0 Å². The first-order valence-electron chi connectivity index (χ1n) is 7.21. The number of hydrogen-bond acceptors (Lipinski definition) is 3. The number of nitrogens with one attached hydrogen (secondary N) is 1. The molecule has 2 heterocycles. The summed E-state index contributed by atoms with van der Waals surface area (Å²) >= 11 is 0. The third kappa shape index (κ3) is 6.01. The van der Waals surface area contributed by atoms with Gasteiger partial charge in [0.05, 0.1) is 0 Å². The molecule has 3 nitrogen and oxygen atoms in total. The minimum Gasteiger partial charge on any atom is -0.384 e. The van der Waals surface area contributed by atoms with Crippen molar-refractivity contribution in [3.63, 3.8) is 0 Å². The monoisotopic (exact) mass is 249 g/mol. The Bertz CT molecular complexity index is 317. The third-order valence-corrected chi connectivity index (χ3v) is 3.24. The van der Waals surface area contributed by atoms with Gasteiger partial charge in [-0.2, -0.15) is 0 Å². The van der Waals surface area contributed by atoms with Crippen molar-refractivity contribution in [3.05, 3.63) is 23.9 Å². The topological polar surface area (TPSA) is 50.9 Å². The molecule has 0 spiro atoms. The number of nitrogens with zero attached hydrogens (tertiary/aromatic N) is 1. The highest BCUT2D eigenvalue weighted by molar-refractivity contribution is 5.28. The zero-order valence-electron chi connectivity index (χ0n) is 11.8. The second kappa shape index (κ2) is 8.92. The highest BCUT2D eigenvalue weighted by Crippen LogP contribution is 2.10. The van der Waals surface area contributed by atoms with E-state index in [2.05, 4.69) is 24.1 Å². The van der Waals surface area contributed by atoms with E-state index in [1.165, 1.54) is 38.6 Å². The van der Waals surface area contributed by atoms with Crippen LogP contribution in [0, 0.1) is 0 Å². The molecule has 0 radical (unpaired) electrons. The van der Waals surface area contributed by atoms with Crippen molar-refractivity contribution in [2.45, 2.75) is 58.4 Å². The Morgan fingerprint density at radius 2 is 2.17 bits per heavy atom. The van der Waals surface area contributed by atoms with Crippen LogP contribution in [0.1, 0.15) is 51.6 Å². The Kier molecular flexibility index (Phi) is 7.42. The molecule has 0 bridgehead atoms. The lowest BCUT2D eigenvalue weighted by Crippen LogP contribution is -2.33. The summed E-state index contributed by atoms with van der Waals surface area (Å²) in [7, 11) is 0. The van der Waals surface area contributed by atoms with Crippen LogP contribution in [-0.2, 0) is 6.42 Å². The zero-order chi connectivity index (χ0) is 13.2. The first-order chi connectivity index (χ1) is 8.76. The molecule has 1 aliphatic rings. The fraction of sp³-hybridized carbons (Fsp3) is 0.667.